The molecule has 0 saturated heterocycles. The lowest BCUT2D eigenvalue weighted by atomic mass is 10.0. The Morgan fingerprint density at radius 3 is 2.84 bits per heavy atom. The molecule has 4 nitrogen and oxygen atoms in total. The van der Waals surface area contributed by atoms with E-state index in [1.54, 1.807) is 13.4 Å². The van der Waals surface area contributed by atoms with Crippen molar-refractivity contribution in [2.75, 3.05) is 13.7 Å². The summed E-state index contributed by atoms with van der Waals surface area (Å²) in [5.74, 6) is 0.883. The van der Waals surface area contributed by atoms with Gasteiger partial charge in [0.1, 0.15) is 6.33 Å². The fraction of sp³-hybridized carbons (Fsp3) is 0.200. The van der Waals surface area contributed by atoms with E-state index in [1.807, 2.05) is 22.8 Å². The predicted octanol–water partition coefficient (Wildman–Crippen LogP) is 2.74. The fourth-order valence-electron chi connectivity index (χ4n) is 2.24. The van der Waals surface area contributed by atoms with Crippen LogP contribution in [0.15, 0.2) is 48.8 Å². The van der Waals surface area contributed by atoms with E-state index < -0.39 is 0 Å². The number of hydrogen-bond acceptors (Lipinski definition) is 3. The van der Waals surface area contributed by atoms with Crippen LogP contribution in [0.4, 0.5) is 0 Å². The first-order valence-corrected chi connectivity index (χ1v) is 6.25. The van der Waals surface area contributed by atoms with E-state index in [9.17, 15) is 0 Å². The molecule has 0 unspecified atom stereocenters. The van der Waals surface area contributed by atoms with Crippen LogP contribution in [0.1, 0.15) is 0 Å². The molecule has 0 N–H and O–H groups in total. The number of ether oxygens (including phenoxy) is 1. The summed E-state index contributed by atoms with van der Waals surface area (Å²) in [5.41, 5.74) is 1.10. The van der Waals surface area contributed by atoms with Gasteiger partial charge in [-0.3, -0.25) is 0 Å². The fourth-order valence-corrected chi connectivity index (χ4v) is 2.24. The zero-order valence-electron chi connectivity index (χ0n) is 10.8. The van der Waals surface area contributed by atoms with Crippen molar-refractivity contribution >= 4 is 10.8 Å². The molecular formula is C15H15N3O. The van der Waals surface area contributed by atoms with Crippen molar-refractivity contribution in [3.8, 4) is 11.4 Å². The predicted molar refractivity (Wildman–Crippen MR) is 74.8 cm³/mol. The average molecular weight is 253 g/mol. The molecule has 0 atom stereocenters. The molecular weight excluding hydrogens is 238 g/mol. The number of methoxy groups -OCH3 is 1. The number of hydrogen-bond donors (Lipinski definition) is 0. The lowest BCUT2D eigenvalue weighted by molar-refractivity contribution is 0.187. The molecule has 4 heteroatoms. The van der Waals surface area contributed by atoms with Crippen LogP contribution in [0.3, 0.4) is 0 Å². The monoisotopic (exact) mass is 253 g/mol. The van der Waals surface area contributed by atoms with Crippen molar-refractivity contribution in [2.45, 2.75) is 6.54 Å². The van der Waals surface area contributed by atoms with E-state index >= 15 is 0 Å². The highest BCUT2D eigenvalue weighted by Crippen LogP contribution is 2.26. The number of fused-ring (bicyclic) bond motifs is 1. The average Bonchev–Trinajstić information content (AvgIpc) is 2.92. The van der Waals surface area contributed by atoms with E-state index in [0.29, 0.717) is 6.61 Å². The van der Waals surface area contributed by atoms with Gasteiger partial charge in [-0.2, -0.15) is 0 Å². The van der Waals surface area contributed by atoms with E-state index in [4.69, 9.17) is 4.74 Å². The second kappa shape index (κ2) is 5.20. The summed E-state index contributed by atoms with van der Waals surface area (Å²) in [6.07, 6.45) is 1.75. The summed E-state index contributed by atoms with van der Waals surface area (Å²) >= 11 is 0. The summed E-state index contributed by atoms with van der Waals surface area (Å²) in [7, 11) is 1.70. The minimum Gasteiger partial charge on any atom is -0.383 e. The minimum absolute atomic E-state index is 0.649. The van der Waals surface area contributed by atoms with Crippen LogP contribution in [0.2, 0.25) is 0 Å². The van der Waals surface area contributed by atoms with Crippen LogP contribution in [-0.4, -0.2) is 28.5 Å². The van der Waals surface area contributed by atoms with Crippen molar-refractivity contribution in [1.29, 1.82) is 0 Å². The molecule has 0 aliphatic rings. The SMILES string of the molecule is COCCn1cnnc1-c1cccc2ccccc12. The molecule has 0 amide bonds. The molecule has 0 radical (unpaired) electrons. The molecule has 3 rings (SSSR count). The van der Waals surface area contributed by atoms with Crippen LogP contribution < -0.4 is 0 Å². The number of nitrogens with zero attached hydrogens (tertiary/aromatic N) is 3. The first-order valence-electron chi connectivity index (χ1n) is 6.25. The summed E-state index contributed by atoms with van der Waals surface area (Å²) in [4.78, 5) is 0. The van der Waals surface area contributed by atoms with Crippen LogP contribution in [-0.2, 0) is 11.3 Å². The van der Waals surface area contributed by atoms with Crippen molar-refractivity contribution in [2.24, 2.45) is 0 Å². The highest BCUT2D eigenvalue weighted by molar-refractivity contribution is 5.95. The maximum atomic E-state index is 5.12. The number of aromatic nitrogens is 3. The van der Waals surface area contributed by atoms with Gasteiger partial charge in [-0.25, -0.2) is 0 Å². The van der Waals surface area contributed by atoms with Gasteiger partial charge in [-0.15, -0.1) is 10.2 Å². The lowest BCUT2D eigenvalue weighted by Gasteiger charge is -2.08. The Bertz CT molecular complexity index is 685. The minimum atomic E-state index is 0.649. The van der Waals surface area contributed by atoms with Crippen molar-refractivity contribution in [3.05, 3.63) is 48.8 Å². The molecule has 2 aromatic carbocycles. The van der Waals surface area contributed by atoms with E-state index in [2.05, 4.69) is 34.5 Å². The standard InChI is InChI=1S/C15H15N3O/c1-19-10-9-18-11-16-17-15(18)14-8-4-6-12-5-2-3-7-13(12)14/h2-8,11H,9-10H2,1H3. The van der Waals surface area contributed by atoms with Crippen LogP contribution in [0, 0.1) is 0 Å². The molecule has 0 fully saturated rings. The smallest absolute Gasteiger partial charge is 0.164 e. The van der Waals surface area contributed by atoms with E-state index in [-0.39, 0.29) is 0 Å². The summed E-state index contributed by atoms with van der Waals surface area (Å²) in [6.45, 7) is 1.40. The first kappa shape index (κ1) is 11.9. The molecule has 0 bridgehead atoms. The quantitative estimate of drug-likeness (QED) is 0.717. The third-order valence-electron chi connectivity index (χ3n) is 3.18. The van der Waals surface area contributed by atoms with Crippen molar-refractivity contribution < 1.29 is 4.74 Å². The molecule has 0 saturated carbocycles. The van der Waals surface area contributed by atoms with E-state index in [1.165, 1.54) is 10.8 Å². The molecule has 0 aliphatic heterocycles. The highest BCUT2D eigenvalue weighted by atomic mass is 16.5. The normalized spacial score (nSPS) is 11.0. The molecule has 96 valence electrons. The number of benzene rings is 2. The Morgan fingerprint density at radius 1 is 1.11 bits per heavy atom. The Kier molecular flexibility index (Phi) is 3.25. The Morgan fingerprint density at radius 2 is 1.95 bits per heavy atom. The third kappa shape index (κ3) is 2.22. The largest absolute Gasteiger partial charge is 0.383 e. The van der Waals surface area contributed by atoms with Gasteiger partial charge in [-0.05, 0) is 10.8 Å². The first-order chi connectivity index (χ1) is 9.40. The van der Waals surface area contributed by atoms with Gasteiger partial charge in [0, 0.05) is 19.2 Å². The van der Waals surface area contributed by atoms with Crippen molar-refractivity contribution in [3.63, 3.8) is 0 Å². The van der Waals surface area contributed by atoms with Crippen LogP contribution in [0.5, 0.6) is 0 Å². The maximum Gasteiger partial charge on any atom is 0.164 e. The molecule has 1 aromatic heterocycles. The second-order valence-electron chi connectivity index (χ2n) is 4.37. The summed E-state index contributed by atoms with van der Waals surface area (Å²) < 4.78 is 7.14. The molecule has 3 aromatic rings. The summed E-state index contributed by atoms with van der Waals surface area (Å²) in [6, 6.07) is 14.5. The summed E-state index contributed by atoms with van der Waals surface area (Å²) in [5, 5.41) is 10.7. The maximum absolute atomic E-state index is 5.12. The van der Waals surface area contributed by atoms with Gasteiger partial charge in [-0.1, -0.05) is 42.5 Å². The van der Waals surface area contributed by atoms with Crippen molar-refractivity contribution in [1.82, 2.24) is 14.8 Å². The van der Waals surface area contributed by atoms with Gasteiger partial charge < -0.3 is 9.30 Å². The lowest BCUT2D eigenvalue weighted by Crippen LogP contribution is -2.05. The van der Waals surface area contributed by atoms with Gasteiger partial charge in [0.15, 0.2) is 5.82 Å². The second-order valence-corrected chi connectivity index (χ2v) is 4.37. The highest BCUT2D eigenvalue weighted by Gasteiger charge is 2.10. The molecule has 19 heavy (non-hydrogen) atoms. The molecule has 0 aliphatic carbocycles. The third-order valence-corrected chi connectivity index (χ3v) is 3.18. The Hall–Kier alpha value is -2.20. The zero-order valence-corrected chi connectivity index (χ0v) is 10.8. The zero-order chi connectivity index (χ0) is 13.1. The van der Waals surface area contributed by atoms with Gasteiger partial charge in [0.25, 0.3) is 0 Å². The van der Waals surface area contributed by atoms with Gasteiger partial charge in [0.05, 0.1) is 6.61 Å². The molecule has 1 heterocycles. The Balaban J connectivity index is 2.12. The van der Waals surface area contributed by atoms with E-state index in [0.717, 1.165) is 17.9 Å². The van der Waals surface area contributed by atoms with Crippen LogP contribution >= 0.6 is 0 Å². The van der Waals surface area contributed by atoms with Gasteiger partial charge >= 0.3 is 0 Å². The van der Waals surface area contributed by atoms with Gasteiger partial charge in [0.2, 0.25) is 0 Å². The Labute approximate surface area is 111 Å². The topological polar surface area (TPSA) is 39.9 Å². The molecule has 0 spiro atoms. The van der Waals surface area contributed by atoms with Crippen LogP contribution in [0.25, 0.3) is 22.2 Å². The number of rotatable bonds is 4.